The highest BCUT2D eigenvalue weighted by atomic mass is 32.2. The van der Waals surface area contributed by atoms with E-state index in [4.69, 9.17) is 14.2 Å². The number of aromatic nitrogens is 4. The van der Waals surface area contributed by atoms with Crippen LogP contribution < -0.4 is 24.5 Å². The van der Waals surface area contributed by atoms with Crippen molar-refractivity contribution in [2.45, 2.75) is 58.5 Å². The normalized spacial score (nSPS) is 11.7. The van der Waals surface area contributed by atoms with Gasteiger partial charge in [0.2, 0.25) is 0 Å². The van der Waals surface area contributed by atoms with Crippen LogP contribution in [0.4, 0.5) is 5.69 Å². The molecule has 0 aliphatic rings. The van der Waals surface area contributed by atoms with Gasteiger partial charge in [-0.25, -0.2) is 17.9 Å². The number of ether oxygens (including phenoxy) is 3. The zero-order chi connectivity index (χ0) is 28.3. The minimum absolute atomic E-state index is 0.0410. The summed E-state index contributed by atoms with van der Waals surface area (Å²) >= 11 is 0. The van der Waals surface area contributed by atoms with Gasteiger partial charge in [0.25, 0.3) is 15.6 Å². The lowest BCUT2D eigenvalue weighted by Gasteiger charge is -2.16. The number of aryl methyl sites for hydroxylation is 2. The lowest BCUT2D eigenvalue weighted by molar-refractivity contribution is 0.230. The van der Waals surface area contributed by atoms with Crippen LogP contribution in [0.1, 0.15) is 45.6 Å². The molecular weight excluding hydrogens is 522 g/mol. The molecule has 0 atom stereocenters. The highest BCUT2D eigenvalue weighted by Gasteiger charge is 2.22. The Kier molecular flexibility index (Phi) is 8.14. The fraction of sp³-hybridized carbons (Fsp3) is 0.370. The first-order valence-electron chi connectivity index (χ1n) is 12.7. The molecule has 0 aliphatic heterocycles. The molecule has 11 nitrogen and oxygen atoms in total. The third-order valence-electron chi connectivity index (χ3n) is 5.81. The van der Waals surface area contributed by atoms with Crippen molar-refractivity contribution in [2.75, 3.05) is 18.4 Å². The van der Waals surface area contributed by atoms with Crippen LogP contribution in [0.25, 0.3) is 16.9 Å². The number of nitrogens with one attached hydrogen (secondary N) is 2. The largest absolute Gasteiger partial charge is 0.493 e. The molecule has 0 saturated heterocycles. The topological polar surface area (TPSA) is 137 Å². The van der Waals surface area contributed by atoms with Gasteiger partial charge in [-0.05, 0) is 64.4 Å². The lowest BCUT2D eigenvalue weighted by atomic mass is 10.2. The molecule has 0 bridgehead atoms. The molecule has 0 fully saturated rings. The van der Waals surface area contributed by atoms with Crippen molar-refractivity contribution in [1.82, 2.24) is 19.6 Å². The highest BCUT2D eigenvalue weighted by Crippen LogP contribution is 2.34. The quantitative estimate of drug-likeness (QED) is 0.279. The number of hydrogen-bond acceptors (Lipinski definition) is 8. The van der Waals surface area contributed by atoms with Crippen LogP contribution in [-0.4, -0.2) is 47.8 Å². The number of rotatable bonds is 11. The highest BCUT2D eigenvalue weighted by molar-refractivity contribution is 7.92. The van der Waals surface area contributed by atoms with E-state index in [1.807, 2.05) is 27.7 Å². The van der Waals surface area contributed by atoms with Gasteiger partial charge in [0.1, 0.15) is 11.6 Å². The Bertz CT molecular complexity index is 1660. The summed E-state index contributed by atoms with van der Waals surface area (Å²) < 4.78 is 47.8. The summed E-state index contributed by atoms with van der Waals surface area (Å²) in [5, 5.41) is 4.62. The van der Waals surface area contributed by atoms with Gasteiger partial charge in [0, 0.05) is 12.5 Å². The van der Waals surface area contributed by atoms with Crippen LogP contribution in [-0.2, 0) is 16.4 Å². The maximum Gasteiger partial charge on any atom is 0.277 e. The molecule has 0 spiro atoms. The van der Waals surface area contributed by atoms with E-state index in [1.165, 1.54) is 23.8 Å². The second-order valence-electron chi connectivity index (χ2n) is 9.16. The van der Waals surface area contributed by atoms with E-state index < -0.39 is 10.0 Å². The van der Waals surface area contributed by atoms with Crippen LogP contribution >= 0.6 is 0 Å². The van der Waals surface area contributed by atoms with Crippen molar-refractivity contribution in [1.29, 1.82) is 0 Å². The molecule has 0 aliphatic carbocycles. The fourth-order valence-corrected chi connectivity index (χ4v) is 5.26. The summed E-state index contributed by atoms with van der Waals surface area (Å²) in [4.78, 5) is 20.2. The third-order valence-corrected chi connectivity index (χ3v) is 7.19. The number of methoxy groups -OCH3 is 1. The van der Waals surface area contributed by atoms with Crippen LogP contribution in [0.3, 0.4) is 0 Å². The number of H-pyrrole nitrogens is 1. The molecule has 4 rings (SSSR count). The predicted octanol–water partition coefficient (Wildman–Crippen LogP) is 4.34. The summed E-state index contributed by atoms with van der Waals surface area (Å²) in [6.07, 6.45) is 1.38. The van der Waals surface area contributed by atoms with Gasteiger partial charge in [-0.1, -0.05) is 6.92 Å². The minimum Gasteiger partial charge on any atom is -0.493 e. The average Bonchev–Trinajstić information content (AvgIpc) is 3.20. The van der Waals surface area contributed by atoms with Gasteiger partial charge < -0.3 is 19.2 Å². The van der Waals surface area contributed by atoms with E-state index in [0.717, 1.165) is 6.42 Å². The first-order valence-corrected chi connectivity index (χ1v) is 14.2. The molecule has 39 heavy (non-hydrogen) atoms. The van der Waals surface area contributed by atoms with Gasteiger partial charge in [0.15, 0.2) is 22.8 Å². The number of nitrogens with zero attached hydrogens (tertiary/aromatic N) is 3. The van der Waals surface area contributed by atoms with Gasteiger partial charge in [-0.2, -0.15) is 0 Å². The average molecular weight is 556 g/mol. The van der Waals surface area contributed by atoms with Crippen LogP contribution in [0.2, 0.25) is 0 Å². The van der Waals surface area contributed by atoms with Crippen molar-refractivity contribution in [3.63, 3.8) is 0 Å². The minimum atomic E-state index is -4.04. The molecule has 0 unspecified atom stereocenters. The number of sulfonamides is 1. The monoisotopic (exact) mass is 555 g/mol. The van der Waals surface area contributed by atoms with E-state index >= 15 is 0 Å². The molecule has 2 N–H and O–H groups in total. The maximum atomic E-state index is 13.4. The molecule has 4 aromatic rings. The lowest BCUT2D eigenvalue weighted by Crippen LogP contribution is -2.17. The molecule has 0 amide bonds. The number of imidazole rings is 1. The third kappa shape index (κ3) is 5.85. The molecule has 12 heteroatoms. The predicted molar refractivity (Wildman–Crippen MR) is 149 cm³/mol. The molecule has 0 saturated carbocycles. The van der Waals surface area contributed by atoms with Crippen molar-refractivity contribution in [3.05, 3.63) is 58.3 Å². The Morgan fingerprint density at radius 2 is 1.82 bits per heavy atom. The smallest absolute Gasteiger partial charge is 0.277 e. The zero-order valence-corrected chi connectivity index (χ0v) is 23.7. The summed E-state index contributed by atoms with van der Waals surface area (Å²) in [7, 11) is -2.56. The number of fused-ring (bicyclic) bond motifs is 1. The SMILES string of the molecule is CCCc1nc(C)c2c(=O)[nH]c(-c3cc(S(=O)(=O)Nc4ccc(OC(C)C)c(OC)c4)ccc3OCC)nn12. The molecule has 2 heterocycles. The molecule has 208 valence electrons. The molecular formula is C27H33N5O6S. The first kappa shape index (κ1) is 28.0. The van der Waals surface area contributed by atoms with Gasteiger partial charge in [-0.15, -0.1) is 5.10 Å². The summed E-state index contributed by atoms with van der Waals surface area (Å²) in [6.45, 7) is 9.69. The van der Waals surface area contributed by atoms with Crippen molar-refractivity contribution < 1.29 is 22.6 Å². The Morgan fingerprint density at radius 1 is 1.08 bits per heavy atom. The molecule has 0 radical (unpaired) electrons. The number of aromatic amines is 1. The first-order chi connectivity index (χ1) is 18.6. The number of benzene rings is 2. The van der Waals surface area contributed by atoms with Gasteiger partial charge in [-0.3, -0.25) is 9.52 Å². The standard InChI is InChI=1S/C27H33N5O6S/c1-7-9-24-28-17(5)25-27(33)29-26(30-32(24)25)20-15-19(11-13-21(20)37-8-2)39(34,35)31-18-10-12-22(38-16(3)4)23(14-18)36-6/h10-16,31H,7-9H2,1-6H3,(H,29,30,33). The van der Waals surface area contributed by atoms with Crippen LogP contribution in [0, 0.1) is 6.92 Å². The van der Waals surface area contributed by atoms with Crippen molar-refractivity contribution in [2.24, 2.45) is 0 Å². The number of anilines is 1. The van der Waals surface area contributed by atoms with Gasteiger partial charge in [0.05, 0.1) is 41.7 Å². The maximum absolute atomic E-state index is 13.4. The van der Waals surface area contributed by atoms with Crippen LogP contribution in [0.5, 0.6) is 17.2 Å². The second kappa shape index (κ2) is 11.4. The summed E-state index contributed by atoms with van der Waals surface area (Å²) in [5.74, 6) is 2.09. The Morgan fingerprint density at radius 3 is 2.49 bits per heavy atom. The van der Waals surface area contributed by atoms with E-state index in [-0.39, 0.29) is 22.4 Å². The number of hydrogen-bond donors (Lipinski definition) is 2. The van der Waals surface area contributed by atoms with E-state index in [9.17, 15) is 13.2 Å². The fourth-order valence-electron chi connectivity index (χ4n) is 4.18. The Labute approximate surface area is 227 Å². The van der Waals surface area contributed by atoms with E-state index in [1.54, 1.807) is 31.2 Å². The van der Waals surface area contributed by atoms with Crippen LogP contribution in [0.15, 0.2) is 46.1 Å². The Balaban J connectivity index is 1.78. The summed E-state index contributed by atoms with van der Waals surface area (Å²) in [6, 6.07) is 9.19. The molecule has 2 aromatic heterocycles. The van der Waals surface area contributed by atoms with E-state index in [2.05, 4.69) is 19.8 Å². The zero-order valence-electron chi connectivity index (χ0n) is 22.9. The Hall–Kier alpha value is -4.06. The second-order valence-corrected chi connectivity index (χ2v) is 10.8. The summed E-state index contributed by atoms with van der Waals surface area (Å²) in [5.41, 5.74) is 1.17. The van der Waals surface area contributed by atoms with E-state index in [0.29, 0.717) is 58.6 Å². The molecule has 2 aromatic carbocycles. The van der Waals surface area contributed by atoms with Gasteiger partial charge >= 0.3 is 0 Å². The van der Waals surface area contributed by atoms with Crippen molar-refractivity contribution in [3.8, 4) is 28.6 Å². The van der Waals surface area contributed by atoms with Crippen molar-refractivity contribution >= 4 is 21.2 Å².